The van der Waals surface area contributed by atoms with Crippen molar-refractivity contribution in [2.45, 2.75) is 17.4 Å². The molecule has 1 aromatic heterocycles. The summed E-state index contributed by atoms with van der Waals surface area (Å²) in [6.07, 6.45) is -0.0936. The van der Waals surface area contributed by atoms with E-state index in [1.165, 1.54) is 12.3 Å². The lowest BCUT2D eigenvalue weighted by molar-refractivity contribution is 0.140. The van der Waals surface area contributed by atoms with Crippen LogP contribution in [0.4, 0.5) is 10.2 Å². The summed E-state index contributed by atoms with van der Waals surface area (Å²) in [5.74, 6) is 0.0688. The number of anilines is 1. The zero-order valence-electron chi connectivity index (χ0n) is 15.7. The van der Waals surface area contributed by atoms with E-state index in [0.29, 0.717) is 22.3 Å². The number of nitriles is 1. The highest BCUT2D eigenvalue weighted by molar-refractivity contribution is 7.89. The maximum absolute atomic E-state index is 13.0. The minimum Gasteiger partial charge on any atom is -0.390 e. The smallest absolute Gasteiger partial charge is 0.238 e. The topological polar surface area (TPSA) is 156 Å². The van der Waals surface area contributed by atoms with E-state index in [-0.39, 0.29) is 28.5 Å². The van der Waals surface area contributed by atoms with Crippen molar-refractivity contribution in [3.63, 3.8) is 0 Å². The highest BCUT2D eigenvalue weighted by atomic mass is 32.2. The Morgan fingerprint density at radius 1 is 1.20 bits per heavy atom. The lowest BCUT2D eigenvalue weighted by Crippen LogP contribution is -2.14. The molecule has 8 nitrogen and oxygen atoms in total. The highest BCUT2D eigenvalue weighted by Gasteiger charge is 2.19. The van der Waals surface area contributed by atoms with Gasteiger partial charge in [-0.1, -0.05) is 36.4 Å². The first-order chi connectivity index (χ1) is 14.2. The molecule has 0 unspecified atom stereocenters. The third-order valence-corrected chi connectivity index (χ3v) is 5.36. The van der Waals surface area contributed by atoms with Crippen LogP contribution in [0.25, 0.3) is 22.4 Å². The molecule has 30 heavy (non-hydrogen) atoms. The van der Waals surface area contributed by atoms with Crippen LogP contribution in [-0.2, 0) is 16.4 Å². The number of nitrogens with two attached hydrogens (primary N) is 2. The Bertz CT molecular complexity index is 1240. The third-order valence-electron chi connectivity index (χ3n) is 4.40. The Morgan fingerprint density at radius 3 is 2.60 bits per heavy atom. The van der Waals surface area contributed by atoms with Crippen molar-refractivity contribution < 1.29 is 17.9 Å². The average molecular weight is 427 g/mol. The number of aromatic nitrogens is 2. The summed E-state index contributed by atoms with van der Waals surface area (Å²) in [5, 5.41) is 24.6. The lowest BCUT2D eigenvalue weighted by atomic mass is 9.93. The van der Waals surface area contributed by atoms with Crippen molar-refractivity contribution in [2.24, 2.45) is 5.14 Å². The maximum Gasteiger partial charge on any atom is 0.238 e. The number of primary sulfonamides is 1. The molecule has 0 radical (unpaired) electrons. The van der Waals surface area contributed by atoms with Gasteiger partial charge in [0.05, 0.1) is 17.2 Å². The number of nitrogens with zero attached hydrogens (tertiary/aromatic N) is 3. The van der Waals surface area contributed by atoms with Gasteiger partial charge in [0.25, 0.3) is 0 Å². The van der Waals surface area contributed by atoms with Gasteiger partial charge in [-0.05, 0) is 17.2 Å². The highest BCUT2D eigenvalue weighted by Crippen LogP contribution is 2.33. The van der Waals surface area contributed by atoms with E-state index < -0.39 is 22.8 Å². The van der Waals surface area contributed by atoms with Crippen LogP contribution in [0.5, 0.6) is 0 Å². The van der Waals surface area contributed by atoms with Gasteiger partial charge in [-0.15, -0.1) is 0 Å². The van der Waals surface area contributed by atoms with E-state index in [0.717, 1.165) is 0 Å². The Hall–Kier alpha value is -3.39. The van der Waals surface area contributed by atoms with Gasteiger partial charge in [-0.3, -0.25) is 0 Å². The van der Waals surface area contributed by atoms with Crippen molar-refractivity contribution in [1.82, 2.24) is 9.97 Å². The number of hydrogen-bond donors (Lipinski definition) is 3. The van der Waals surface area contributed by atoms with E-state index >= 15 is 0 Å². The number of hydrogen-bond acceptors (Lipinski definition) is 7. The molecule has 0 aliphatic rings. The molecule has 0 saturated heterocycles. The minimum absolute atomic E-state index is 0.0244. The molecule has 0 fully saturated rings. The second kappa shape index (κ2) is 8.54. The predicted molar refractivity (Wildman–Crippen MR) is 109 cm³/mol. The van der Waals surface area contributed by atoms with Gasteiger partial charge >= 0.3 is 0 Å². The van der Waals surface area contributed by atoms with Gasteiger partial charge in [-0.2, -0.15) is 5.26 Å². The molecule has 1 atom stereocenters. The summed E-state index contributed by atoms with van der Waals surface area (Å²) in [5.41, 5.74) is 7.54. The molecular formula is C20H18FN5O3S. The van der Waals surface area contributed by atoms with Crippen LogP contribution >= 0.6 is 0 Å². The summed E-state index contributed by atoms with van der Waals surface area (Å²) in [4.78, 5) is 8.06. The summed E-state index contributed by atoms with van der Waals surface area (Å²) >= 11 is 0. The lowest BCUT2D eigenvalue weighted by Gasteiger charge is -2.15. The quantitative estimate of drug-likeness (QED) is 0.541. The van der Waals surface area contributed by atoms with Crippen molar-refractivity contribution in [3.8, 4) is 28.5 Å². The van der Waals surface area contributed by atoms with Gasteiger partial charge in [0.1, 0.15) is 24.3 Å². The monoisotopic (exact) mass is 427 g/mol. The molecule has 0 spiro atoms. The first-order valence-corrected chi connectivity index (χ1v) is 10.3. The number of benzene rings is 2. The van der Waals surface area contributed by atoms with Gasteiger partial charge in [0.15, 0.2) is 5.69 Å². The van der Waals surface area contributed by atoms with Gasteiger partial charge in [0.2, 0.25) is 10.0 Å². The largest absolute Gasteiger partial charge is 0.390 e. The first kappa shape index (κ1) is 21.3. The van der Waals surface area contributed by atoms with E-state index in [2.05, 4.69) is 9.97 Å². The van der Waals surface area contributed by atoms with Crippen LogP contribution in [0.3, 0.4) is 0 Å². The van der Waals surface area contributed by atoms with Crippen LogP contribution in [-0.4, -0.2) is 36.3 Å². The normalized spacial score (nSPS) is 12.3. The second-order valence-corrected chi connectivity index (χ2v) is 8.06. The molecule has 10 heteroatoms. The van der Waals surface area contributed by atoms with Crippen LogP contribution in [0.1, 0.15) is 11.3 Å². The number of sulfonamides is 1. The van der Waals surface area contributed by atoms with Crippen LogP contribution < -0.4 is 10.9 Å². The summed E-state index contributed by atoms with van der Waals surface area (Å²) in [7, 11) is -3.99. The Balaban J connectivity index is 2.23. The zero-order chi connectivity index (χ0) is 21.9. The van der Waals surface area contributed by atoms with Gasteiger partial charge in [-0.25, -0.2) is 27.9 Å². The minimum atomic E-state index is -3.99. The van der Waals surface area contributed by atoms with Crippen LogP contribution in [0.15, 0.2) is 53.6 Å². The molecule has 3 rings (SSSR count). The van der Waals surface area contributed by atoms with Crippen molar-refractivity contribution in [2.75, 3.05) is 12.4 Å². The Kier molecular flexibility index (Phi) is 6.07. The van der Waals surface area contributed by atoms with E-state index in [1.807, 2.05) is 6.07 Å². The molecule has 0 aliphatic heterocycles. The number of nitrogen functional groups attached to an aromatic ring is 1. The molecule has 0 aliphatic carbocycles. The first-order valence-electron chi connectivity index (χ1n) is 8.76. The fourth-order valence-corrected chi connectivity index (χ4v) is 3.86. The molecule has 5 N–H and O–H groups in total. The van der Waals surface area contributed by atoms with Crippen molar-refractivity contribution >= 4 is 15.8 Å². The third kappa shape index (κ3) is 4.44. The molecule has 3 aromatic rings. The van der Waals surface area contributed by atoms with E-state index in [9.17, 15) is 23.2 Å². The Labute approximate surface area is 172 Å². The van der Waals surface area contributed by atoms with Crippen molar-refractivity contribution in [3.05, 3.63) is 59.9 Å². The molecule has 0 saturated carbocycles. The molecule has 1 heterocycles. The Morgan fingerprint density at radius 2 is 1.93 bits per heavy atom. The second-order valence-electron chi connectivity index (χ2n) is 6.53. The predicted octanol–water partition coefficient (Wildman–Crippen LogP) is 1.78. The van der Waals surface area contributed by atoms with Gasteiger partial charge in [0, 0.05) is 17.5 Å². The fraction of sp³-hybridized carbons (Fsp3) is 0.150. The van der Waals surface area contributed by atoms with Crippen LogP contribution in [0, 0.1) is 11.3 Å². The molecule has 2 aromatic carbocycles. The van der Waals surface area contributed by atoms with Crippen LogP contribution in [0.2, 0.25) is 0 Å². The number of aliphatic hydroxyl groups excluding tert-OH is 1. The number of halogens is 1. The zero-order valence-corrected chi connectivity index (χ0v) is 16.5. The van der Waals surface area contributed by atoms with Gasteiger partial charge < -0.3 is 10.8 Å². The van der Waals surface area contributed by atoms with Crippen molar-refractivity contribution in [1.29, 1.82) is 5.26 Å². The fourth-order valence-electron chi connectivity index (χ4n) is 3.10. The number of aliphatic hydroxyl groups is 1. The number of rotatable bonds is 6. The average Bonchev–Trinajstić information content (AvgIpc) is 2.73. The van der Waals surface area contributed by atoms with E-state index in [1.54, 1.807) is 36.4 Å². The number of alkyl halides is 1. The molecular weight excluding hydrogens is 409 g/mol. The molecule has 0 amide bonds. The van der Waals surface area contributed by atoms with E-state index in [4.69, 9.17) is 10.9 Å². The summed E-state index contributed by atoms with van der Waals surface area (Å²) in [6.45, 7) is -0.976. The maximum atomic E-state index is 13.0. The summed E-state index contributed by atoms with van der Waals surface area (Å²) in [6, 6.07) is 12.9. The standard InChI is InChI=1S/C20H18FN5O3S/c21-9-14(27)8-13-7-12(15-3-1-2-4-18(15)30(24,28)29)5-6-16(13)20-17(10-22)26-19(23)11-25-20/h1-7,11,14,27H,8-9H2,(H2,23,26)(H2,24,28,29)/t14-/m1/s1. The SMILES string of the molecule is N#Cc1nc(N)cnc1-c1ccc(-c2ccccc2S(N)(=O)=O)cc1C[C@@H](O)CF. The summed E-state index contributed by atoms with van der Waals surface area (Å²) < 4.78 is 36.9. The molecule has 0 bridgehead atoms. The molecule has 154 valence electrons.